The lowest BCUT2D eigenvalue weighted by Gasteiger charge is -2.19. The number of rotatable bonds is 1. The first-order valence-corrected chi connectivity index (χ1v) is 3.10. The molecule has 0 unspecified atom stereocenters. The molecule has 1 aromatic carbocycles. The Morgan fingerprint density at radius 2 is 1.60 bits per heavy atom. The van der Waals surface area contributed by atoms with Gasteiger partial charge < -0.3 is 0 Å². The van der Waals surface area contributed by atoms with Gasteiger partial charge in [-0.3, -0.25) is 0 Å². The number of para-hydroxylation sites is 1. The van der Waals surface area contributed by atoms with E-state index in [0.717, 1.165) is 5.69 Å². The summed E-state index contributed by atoms with van der Waals surface area (Å²) >= 11 is 0. The zero-order valence-electron chi connectivity index (χ0n) is 5.99. The minimum absolute atomic E-state index is 0.110. The fourth-order valence-electron chi connectivity index (χ4n) is 0.749. The normalized spacial score (nSPS) is 11.5. The van der Waals surface area contributed by atoms with Gasteiger partial charge in [-0.25, -0.2) is 0 Å². The van der Waals surface area contributed by atoms with Gasteiger partial charge in [-0.1, -0.05) is 18.2 Å². The van der Waals surface area contributed by atoms with E-state index in [1.165, 1.54) is 0 Å². The van der Waals surface area contributed by atoms with E-state index in [4.69, 9.17) is 11.7 Å². The number of nitrogens with two attached hydrogens (primary N) is 2. The Morgan fingerprint density at radius 3 is 1.90 bits per heavy atom. The maximum Gasteiger partial charge on any atom is 0.171 e. The highest BCUT2D eigenvalue weighted by Gasteiger charge is 2.11. The number of quaternary nitrogens is 1. The summed E-state index contributed by atoms with van der Waals surface area (Å²) in [5.74, 6) is 11.1. The number of hydrogen-bond acceptors (Lipinski definition) is 2. The Balaban J connectivity index is 2.97. The van der Waals surface area contributed by atoms with Crippen LogP contribution in [-0.2, 0) is 0 Å². The predicted molar refractivity (Wildman–Crippen MR) is 42.5 cm³/mol. The molecule has 0 aliphatic carbocycles. The maximum absolute atomic E-state index is 5.57. The van der Waals surface area contributed by atoms with Crippen LogP contribution in [0.25, 0.3) is 0 Å². The zero-order valence-corrected chi connectivity index (χ0v) is 5.99. The van der Waals surface area contributed by atoms with Crippen molar-refractivity contribution in [1.82, 2.24) is 4.70 Å². The van der Waals surface area contributed by atoms with Crippen LogP contribution in [0.15, 0.2) is 30.3 Å². The van der Waals surface area contributed by atoms with Gasteiger partial charge in [0.05, 0.1) is 0 Å². The van der Waals surface area contributed by atoms with Gasteiger partial charge in [0.1, 0.15) is 7.05 Å². The average molecular weight is 138 g/mol. The highest BCUT2D eigenvalue weighted by Crippen LogP contribution is 2.09. The van der Waals surface area contributed by atoms with Crippen LogP contribution in [0.4, 0.5) is 5.69 Å². The molecule has 0 amide bonds. The SMILES string of the molecule is C[N+](N)(N)c1ccccc1. The zero-order chi connectivity index (χ0) is 7.61. The van der Waals surface area contributed by atoms with Crippen LogP contribution in [0.3, 0.4) is 0 Å². The monoisotopic (exact) mass is 138 g/mol. The quantitative estimate of drug-likeness (QED) is 0.334. The lowest BCUT2D eigenvalue weighted by Crippen LogP contribution is -2.58. The summed E-state index contributed by atoms with van der Waals surface area (Å²) in [6, 6.07) is 9.52. The van der Waals surface area contributed by atoms with E-state index in [1.807, 2.05) is 30.3 Å². The second-order valence-corrected chi connectivity index (χ2v) is 2.48. The Kier molecular flexibility index (Phi) is 1.72. The van der Waals surface area contributed by atoms with E-state index >= 15 is 0 Å². The molecule has 4 N–H and O–H groups in total. The first-order chi connectivity index (χ1) is 4.61. The van der Waals surface area contributed by atoms with E-state index in [-0.39, 0.29) is 4.70 Å². The lowest BCUT2D eigenvalue weighted by molar-refractivity contribution is 0.358. The second kappa shape index (κ2) is 2.38. The first-order valence-electron chi connectivity index (χ1n) is 3.10. The van der Waals surface area contributed by atoms with Gasteiger partial charge in [-0.05, 0) is 0 Å². The molecule has 54 valence electrons. The van der Waals surface area contributed by atoms with Crippen molar-refractivity contribution in [3.05, 3.63) is 30.3 Å². The fourth-order valence-corrected chi connectivity index (χ4v) is 0.749. The smallest absolute Gasteiger partial charge is 0.156 e. The highest BCUT2D eigenvalue weighted by molar-refractivity contribution is 5.38. The lowest BCUT2D eigenvalue weighted by atomic mass is 10.3. The number of hydrogen-bond donors (Lipinski definition) is 2. The summed E-state index contributed by atoms with van der Waals surface area (Å²) in [7, 11) is 1.72. The van der Waals surface area contributed by atoms with Crippen molar-refractivity contribution < 1.29 is 0 Å². The Morgan fingerprint density at radius 1 is 1.10 bits per heavy atom. The summed E-state index contributed by atoms with van der Waals surface area (Å²) in [6.45, 7) is 0. The second-order valence-electron chi connectivity index (χ2n) is 2.48. The van der Waals surface area contributed by atoms with Crippen LogP contribution in [-0.4, -0.2) is 7.05 Å². The van der Waals surface area contributed by atoms with Gasteiger partial charge in [0.25, 0.3) is 0 Å². The van der Waals surface area contributed by atoms with Crippen LogP contribution < -0.4 is 16.4 Å². The van der Waals surface area contributed by atoms with Gasteiger partial charge in [-0.15, -0.1) is 4.70 Å². The Labute approximate surface area is 60.4 Å². The van der Waals surface area contributed by atoms with Crippen LogP contribution in [0.1, 0.15) is 0 Å². The molecule has 0 spiro atoms. The molecule has 0 fully saturated rings. The van der Waals surface area contributed by atoms with E-state index < -0.39 is 0 Å². The molecule has 0 atom stereocenters. The molecule has 0 aromatic heterocycles. The van der Waals surface area contributed by atoms with Crippen molar-refractivity contribution in [1.29, 1.82) is 0 Å². The third-order valence-electron chi connectivity index (χ3n) is 1.31. The predicted octanol–water partition coefficient (Wildman–Crippen LogP) is 0.371. The minimum Gasteiger partial charge on any atom is -0.156 e. The summed E-state index contributed by atoms with van der Waals surface area (Å²) in [5.41, 5.74) is 0.891. The topological polar surface area (TPSA) is 52.0 Å². The van der Waals surface area contributed by atoms with E-state index in [2.05, 4.69) is 0 Å². The van der Waals surface area contributed by atoms with Crippen LogP contribution in [0.2, 0.25) is 0 Å². The highest BCUT2D eigenvalue weighted by atomic mass is 15.7. The van der Waals surface area contributed by atoms with Crippen molar-refractivity contribution in [2.45, 2.75) is 0 Å². The van der Waals surface area contributed by atoms with Crippen LogP contribution in [0, 0.1) is 0 Å². The molecule has 0 saturated carbocycles. The van der Waals surface area contributed by atoms with Gasteiger partial charge in [-0.2, -0.15) is 11.7 Å². The largest absolute Gasteiger partial charge is 0.171 e. The molecule has 10 heavy (non-hydrogen) atoms. The molecule has 0 aliphatic rings. The number of benzene rings is 1. The third-order valence-corrected chi connectivity index (χ3v) is 1.31. The van der Waals surface area contributed by atoms with Crippen molar-refractivity contribution in [2.24, 2.45) is 11.7 Å². The molecule has 3 nitrogen and oxygen atoms in total. The summed E-state index contributed by atoms with van der Waals surface area (Å²) in [4.78, 5) is 0. The van der Waals surface area contributed by atoms with Crippen molar-refractivity contribution >= 4 is 5.69 Å². The molecule has 1 aromatic rings. The fraction of sp³-hybridized carbons (Fsp3) is 0.143. The average Bonchev–Trinajstić information content (AvgIpc) is 1.88. The molecular formula is C7H12N3+. The van der Waals surface area contributed by atoms with E-state index in [0.29, 0.717) is 0 Å². The third kappa shape index (κ3) is 1.54. The van der Waals surface area contributed by atoms with Gasteiger partial charge in [0, 0.05) is 12.1 Å². The standard InChI is InChI=1S/C7H12N3/c1-10(8,9)7-5-3-2-4-6-7/h2-6H,8-9H2,1H3/q+1. The van der Waals surface area contributed by atoms with Crippen molar-refractivity contribution in [2.75, 3.05) is 7.05 Å². The van der Waals surface area contributed by atoms with E-state index in [9.17, 15) is 0 Å². The summed E-state index contributed by atoms with van der Waals surface area (Å²) < 4.78 is -0.110. The van der Waals surface area contributed by atoms with E-state index in [1.54, 1.807) is 7.05 Å². The first kappa shape index (κ1) is 7.21. The van der Waals surface area contributed by atoms with Gasteiger partial charge in [0.15, 0.2) is 5.69 Å². The molecule has 0 bridgehead atoms. The summed E-state index contributed by atoms with van der Waals surface area (Å²) in [5, 5.41) is 0. The maximum atomic E-state index is 5.57. The van der Waals surface area contributed by atoms with Crippen molar-refractivity contribution in [3.63, 3.8) is 0 Å². The van der Waals surface area contributed by atoms with Gasteiger partial charge >= 0.3 is 0 Å². The molecule has 0 radical (unpaired) electrons. The van der Waals surface area contributed by atoms with Gasteiger partial charge in [0.2, 0.25) is 0 Å². The van der Waals surface area contributed by atoms with Crippen LogP contribution in [0.5, 0.6) is 0 Å². The number of nitrogens with zero attached hydrogens (tertiary/aromatic N) is 1. The van der Waals surface area contributed by atoms with Crippen molar-refractivity contribution in [3.8, 4) is 0 Å². The molecule has 0 saturated heterocycles. The molecule has 1 rings (SSSR count). The molecule has 0 aliphatic heterocycles. The molecule has 0 heterocycles. The summed E-state index contributed by atoms with van der Waals surface area (Å²) in [6.07, 6.45) is 0. The Bertz CT molecular complexity index is 200. The molecule has 3 heteroatoms. The Hall–Kier alpha value is -0.900. The molecular weight excluding hydrogens is 126 g/mol. The van der Waals surface area contributed by atoms with Crippen LogP contribution >= 0.6 is 0 Å². The minimum atomic E-state index is -0.110.